The van der Waals surface area contributed by atoms with Crippen molar-refractivity contribution in [1.29, 1.82) is 0 Å². The van der Waals surface area contributed by atoms with E-state index in [4.69, 9.17) is 4.74 Å². The highest BCUT2D eigenvalue weighted by Gasteiger charge is 2.11. The zero-order chi connectivity index (χ0) is 19.3. The number of carbonyl (C=O) groups excluding carboxylic acids is 1. The van der Waals surface area contributed by atoms with Crippen LogP contribution in [0.1, 0.15) is 11.1 Å². The van der Waals surface area contributed by atoms with Gasteiger partial charge in [-0.2, -0.15) is 5.10 Å². The molecule has 0 aliphatic heterocycles. The first-order chi connectivity index (χ1) is 13.7. The lowest BCUT2D eigenvalue weighted by molar-refractivity contribution is -0.121. The van der Waals surface area contributed by atoms with Crippen LogP contribution in [-0.2, 0) is 16.1 Å². The lowest BCUT2D eigenvalue weighted by Crippen LogP contribution is -2.18. The summed E-state index contributed by atoms with van der Waals surface area (Å²) in [7, 11) is 0. The molecule has 0 aliphatic rings. The van der Waals surface area contributed by atoms with Crippen molar-refractivity contribution in [3.05, 3.63) is 83.9 Å². The molecule has 0 radical (unpaired) electrons. The number of anilines is 1. The minimum absolute atomic E-state index is 0.0232. The van der Waals surface area contributed by atoms with Crippen molar-refractivity contribution in [1.82, 2.24) is 10.2 Å². The Morgan fingerprint density at radius 1 is 1.00 bits per heavy atom. The van der Waals surface area contributed by atoms with E-state index in [0.29, 0.717) is 12.4 Å². The van der Waals surface area contributed by atoms with Gasteiger partial charge in [0.2, 0.25) is 0 Å². The summed E-state index contributed by atoms with van der Waals surface area (Å²) >= 11 is 0. The van der Waals surface area contributed by atoms with Gasteiger partial charge in [-0.15, -0.1) is 0 Å². The molecule has 0 unspecified atom stereocenters. The number of amides is 1. The SMILES string of the molecule is Cc1cccc(-c2ccc3c(NC(=O)COCc4ccccc4)n[nH]c3c2)c1. The number of aryl methyl sites for hydroxylation is 1. The standard InChI is InChI=1S/C23H21N3O2/c1-16-6-5-9-18(12-16)19-10-11-20-21(13-19)25-26-23(20)24-22(27)15-28-14-17-7-3-2-4-8-17/h2-13H,14-15H2,1H3,(H2,24,25,26,27). The van der Waals surface area contributed by atoms with Gasteiger partial charge in [0.1, 0.15) is 6.61 Å². The molecule has 28 heavy (non-hydrogen) atoms. The molecule has 0 aliphatic carbocycles. The summed E-state index contributed by atoms with van der Waals surface area (Å²) in [6.07, 6.45) is 0. The molecule has 0 saturated heterocycles. The van der Waals surface area contributed by atoms with Crippen LogP contribution in [0.2, 0.25) is 0 Å². The molecule has 4 aromatic rings. The van der Waals surface area contributed by atoms with Gasteiger partial charge in [0.15, 0.2) is 5.82 Å². The molecule has 0 fully saturated rings. The Morgan fingerprint density at radius 2 is 1.82 bits per heavy atom. The van der Waals surface area contributed by atoms with E-state index >= 15 is 0 Å². The summed E-state index contributed by atoms with van der Waals surface area (Å²) in [5, 5.41) is 10.9. The van der Waals surface area contributed by atoms with Crippen LogP contribution in [0.3, 0.4) is 0 Å². The minimum Gasteiger partial charge on any atom is -0.367 e. The second kappa shape index (κ2) is 8.06. The zero-order valence-corrected chi connectivity index (χ0v) is 15.6. The van der Waals surface area contributed by atoms with Gasteiger partial charge in [-0.05, 0) is 35.7 Å². The molecule has 5 heteroatoms. The fourth-order valence-electron chi connectivity index (χ4n) is 3.12. The maximum absolute atomic E-state index is 12.2. The van der Waals surface area contributed by atoms with Crippen molar-refractivity contribution in [3.8, 4) is 11.1 Å². The molecular formula is C23H21N3O2. The lowest BCUT2D eigenvalue weighted by Gasteiger charge is -2.06. The van der Waals surface area contributed by atoms with E-state index in [1.165, 1.54) is 5.56 Å². The highest BCUT2D eigenvalue weighted by molar-refractivity contribution is 6.01. The molecule has 0 bridgehead atoms. The molecule has 0 spiro atoms. The molecule has 5 nitrogen and oxygen atoms in total. The van der Waals surface area contributed by atoms with Gasteiger partial charge in [-0.25, -0.2) is 0 Å². The van der Waals surface area contributed by atoms with Crippen LogP contribution < -0.4 is 5.32 Å². The van der Waals surface area contributed by atoms with Crippen molar-refractivity contribution >= 4 is 22.6 Å². The van der Waals surface area contributed by atoms with Crippen molar-refractivity contribution in [3.63, 3.8) is 0 Å². The number of rotatable bonds is 6. The van der Waals surface area contributed by atoms with Crippen LogP contribution in [0.5, 0.6) is 0 Å². The average Bonchev–Trinajstić information content (AvgIpc) is 3.11. The number of aromatic nitrogens is 2. The van der Waals surface area contributed by atoms with Gasteiger partial charge in [0.25, 0.3) is 5.91 Å². The number of hydrogen-bond donors (Lipinski definition) is 2. The topological polar surface area (TPSA) is 67.0 Å². The van der Waals surface area contributed by atoms with Gasteiger partial charge in [0.05, 0.1) is 12.1 Å². The predicted octanol–water partition coefficient (Wildman–Crippen LogP) is 4.69. The van der Waals surface area contributed by atoms with Crippen molar-refractivity contribution in [2.75, 3.05) is 11.9 Å². The van der Waals surface area contributed by atoms with E-state index in [-0.39, 0.29) is 12.5 Å². The number of carbonyl (C=O) groups is 1. The van der Waals surface area contributed by atoms with Gasteiger partial charge < -0.3 is 10.1 Å². The average molecular weight is 371 g/mol. The number of hydrogen-bond acceptors (Lipinski definition) is 3. The Bertz CT molecular complexity index is 1100. The zero-order valence-electron chi connectivity index (χ0n) is 15.6. The highest BCUT2D eigenvalue weighted by atomic mass is 16.5. The number of ether oxygens (including phenoxy) is 1. The first kappa shape index (κ1) is 17.9. The van der Waals surface area contributed by atoms with E-state index in [9.17, 15) is 4.79 Å². The van der Waals surface area contributed by atoms with Crippen molar-refractivity contribution in [2.45, 2.75) is 13.5 Å². The molecule has 1 aromatic heterocycles. The first-order valence-electron chi connectivity index (χ1n) is 9.16. The summed E-state index contributed by atoms with van der Waals surface area (Å²) < 4.78 is 5.48. The van der Waals surface area contributed by atoms with E-state index in [2.05, 4.69) is 40.6 Å². The monoisotopic (exact) mass is 371 g/mol. The number of nitrogens with zero attached hydrogens (tertiary/aromatic N) is 1. The third kappa shape index (κ3) is 4.10. The summed E-state index contributed by atoms with van der Waals surface area (Å²) in [6, 6.07) is 24.2. The van der Waals surface area contributed by atoms with Crippen LogP contribution in [0.25, 0.3) is 22.0 Å². The summed E-state index contributed by atoms with van der Waals surface area (Å²) in [5.41, 5.74) is 5.37. The first-order valence-corrected chi connectivity index (χ1v) is 9.16. The fraction of sp³-hybridized carbons (Fsp3) is 0.130. The maximum atomic E-state index is 12.2. The Balaban J connectivity index is 1.42. The predicted molar refractivity (Wildman–Crippen MR) is 111 cm³/mol. The summed E-state index contributed by atoms with van der Waals surface area (Å²) in [6.45, 7) is 2.45. The Kier molecular flexibility index (Phi) is 5.17. The van der Waals surface area contributed by atoms with Gasteiger partial charge >= 0.3 is 0 Å². The van der Waals surface area contributed by atoms with E-state index in [1.807, 2.05) is 54.6 Å². The smallest absolute Gasteiger partial charge is 0.251 e. The van der Waals surface area contributed by atoms with Crippen molar-refractivity contribution < 1.29 is 9.53 Å². The summed E-state index contributed by atoms with van der Waals surface area (Å²) in [5.74, 6) is 0.284. The molecular weight excluding hydrogens is 350 g/mol. The van der Waals surface area contributed by atoms with E-state index in [1.54, 1.807) is 0 Å². The Labute approximate surface area is 163 Å². The molecule has 0 saturated carbocycles. The molecule has 3 aromatic carbocycles. The Morgan fingerprint density at radius 3 is 2.64 bits per heavy atom. The normalized spacial score (nSPS) is 10.9. The quantitative estimate of drug-likeness (QED) is 0.516. The van der Waals surface area contributed by atoms with Crippen LogP contribution in [-0.4, -0.2) is 22.7 Å². The van der Waals surface area contributed by atoms with Gasteiger partial charge in [0, 0.05) is 5.39 Å². The van der Waals surface area contributed by atoms with E-state index < -0.39 is 0 Å². The molecule has 140 valence electrons. The van der Waals surface area contributed by atoms with E-state index in [0.717, 1.165) is 27.6 Å². The second-order valence-corrected chi connectivity index (χ2v) is 6.73. The number of nitrogens with one attached hydrogen (secondary N) is 2. The molecule has 2 N–H and O–H groups in total. The van der Waals surface area contributed by atoms with Crippen LogP contribution in [0, 0.1) is 6.92 Å². The van der Waals surface area contributed by atoms with Crippen LogP contribution in [0.15, 0.2) is 72.8 Å². The molecule has 0 atom stereocenters. The van der Waals surface area contributed by atoms with Crippen molar-refractivity contribution in [2.24, 2.45) is 0 Å². The third-order valence-corrected chi connectivity index (χ3v) is 4.52. The summed E-state index contributed by atoms with van der Waals surface area (Å²) in [4.78, 5) is 12.2. The van der Waals surface area contributed by atoms with Crippen LogP contribution in [0.4, 0.5) is 5.82 Å². The van der Waals surface area contributed by atoms with Crippen LogP contribution >= 0.6 is 0 Å². The van der Waals surface area contributed by atoms with Gasteiger partial charge in [-0.3, -0.25) is 9.89 Å². The number of fused-ring (bicyclic) bond motifs is 1. The Hall–Kier alpha value is -3.44. The third-order valence-electron chi connectivity index (χ3n) is 4.52. The second-order valence-electron chi connectivity index (χ2n) is 6.73. The molecule has 1 heterocycles. The largest absolute Gasteiger partial charge is 0.367 e. The highest BCUT2D eigenvalue weighted by Crippen LogP contribution is 2.27. The van der Waals surface area contributed by atoms with Gasteiger partial charge in [-0.1, -0.05) is 66.2 Å². The minimum atomic E-state index is -0.230. The lowest BCUT2D eigenvalue weighted by atomic mass is 10.0. The molecule has 1 amide bonds. The molecule has 4 rings (SSSR count). The maximum Gasteiger partial charge on any atom is 0.251 e. The number of H-pyrrole nitrogens is 1. The number of benzene rings is 3. The fourth-order valence-corrected chi connectivity index (χ4v) is 3.12. The number of aromatic amines is 1.